The average molecular weight is 340 g/mol. The number of benzene rings is 1. The zero-order valence-corrected chi connectivity index (χ0v) is 12.4. The molecule has 106 valence electrons. The van der Waals surface area contributed by atoms with Crippen LogP contribution in [-0.2, 0) is 15.1 Å². The number of nitrogens with two attached hydrogens (primary N) is 1. The van der Waals surface area contributed by atoms with Crippen LogP contribution in [0.25, 0.3) is 0 Å². The number of nitrogens with zero attached hydrogens (tertiary/aromatic N) is 1. The van der Waals surface area contributed by atoms with Gasteiger partial charge in [0.2, 0.25) is 5.91 Å². The molecule has 0 aromatic heterocycles. The molecule has 2 rings (SSSR count). The fourth-order valence-electron chi connectivity index (χ4n) is 2.10. The Bertz CT molecular complexity index is 573. The molecule has 1 aliphatic heterocycles. The Hall–Kier alpha value is -1.89. The van der Waals surface area contributed by atoms with Gasteiger partial charge in [-0.05, 0) is 24.6 Å². The summed E-state index contributed by atoms with van der Waals surface area (Å²) in [6, 6.07) is 6.61. The standard InChI is InChI=1S/C13H14BrN3O3/c1-13(8-2-4-9(14)5-3-8)11(19)17(12(20)16-13)7-6-10(15)18/h2-5H,6-7H2,1H3,(H2,15,18)(H,16,20)/t13-/m0/s1. The molecule has 7 heteroatoms. The molecule has 1 saturated heterocycles. The van der Waals surface area contributed by atoms with E-state index in [2.05, 4.69) is 21.2 Å². The average Bonchev–Trinajstić information content (AvgIpc) is 2.59. The van der Waals surface area contributed by atoms with E-state index < -0.39 is 17.5 Å². The smallest absolute Gasteiger partial charge is 0.325 e. The zero-order valence-electron chi connectivity index (χ0n) is 10.9. The summed E-state index contributed by atoms with van der Waals surface area (Å²) in [7, 11) is 0. The number of amides is 4. The molecule has 1 atom stereocenters. The highest BCUT2D eigenvalue weighted by Crippen LogP contribution is 2.29. The minimum Gasteiger partial charge on any atom is -0.370 e. The molecular formula is C13H14BrN3O3. The first kappa shape index (κ1) is 14.5. The van der Waals surface area contributed by atoms with Crippen molar-refractivity contribution < 1.29 is 14.4 Å². The third kappa shape index (κ3) is 2.53. The summed E-state index contributed by atoms with van der Waals surface area (Å²) in [4.78, 5) is 36.1. The first-order valence-electron chi connectivity index (χ1n) is 6.03. The van der Waals surface area contributed by atoms with Gasteiger partial charge in [0.1, 0.15) is 5.54 Å². The normalized spacial score (nSPS) is 22.0. The van der Waals surface area contributed by atoms with Crippen molar-refractivity contribution in [3.8, 4) is 0 Å². The molecule has 0 bridgehead atoms. The number of rotatable bonds is 4. The van der Waals surface area contributed by atoms with Gasteiger partial charge in [0.25, 0.3) is 5.91 Å². The van der Waals surface area contributed by atoms with Crippen LogP contribution in [0.4, 0.5) is 4.79 Å². The van der Waals surface area contributed by atoms with Gasteiger partial charge < -0.3 is 11.1 Å². The molecule has 3 N–H and O–H groups in total. The highest BCUT2D eigenvalue weighted by atomic mass is 79.9. The summed E-state index contributed by atoms with van der Waals surface area (Å²) >= 11 is 3.32. The number of urea groups is 1. The van der Waals surface area contributed by atoms with Gasteiger partial charge in [0.15, 0.2) is 0 Å². The highest BCUT2D eigenvalue weighted by molar-refractivity contribution is 9.10. The molecule has 4 amide bonds. The predicted molar refractivity (Wildman–Crippen MR) is 75.6 cm³/mol. The molecule has 6 nitrogen and oxygen atoms in total. The van der Waals surface area contributed by atoms with Crippen LogP contribution in [0, 0.1) is 0 Å². The van der Waals surface area contributed by atoms with Crippen molar-refractivity contribution in [2.75, 3.05) is 6.54 Å². The molecule has 1 fully saturated rings. The van der Waals surface area contributed by atoms with Crippen LogP contribution in [0.1, 0.15) is 18.9 Å². The van der Waals surface area contributed by atoms with Crippen LogP contribution in [0.3, 0.4) is 0 Å². The number of hydrogen-bond acceptors (Lipinski definition) is 3. The van der Waals surface area contributed by atoms with Crippen molar-refractivity contribution in [3.63, 3.8) is 0 Å². The maximum Gasteiger partial charge on any atom is 0.325 e. The second-order valence-corrected chi connectivity index (χ2v) is 5.65. The number of carbonyl (C=O) groups is 3. The number of carbonyl (C=O) groups excluding carboxylic acids is 3. The monoisotopic (exact) mass is 339 g/mol. The van der Waals surface area contributed by atoms with Gasteiger partial charge in [0, 0.05) is 17.4 Å². The van der Waals surface area contributed by atoms with E-state index in [-0.39, 0.29) is 18.9 Å². The van der Waals surface area contributed by atoms with Crippen molar-refractivity contribution >= 4 is 33.8 Å². The van der Waals surface area contributed by atoms with E-state index in [1.54, 1.807) is 31.2 Å². The SMILES string of the molecule is C[C@@]1(c2ccc(Br)cc2)NC(=O)N(CCC(N)=O)C1=O. The number of halogens is 1. The number of nitrogens with one attached hydrogen (secondary N) is 1. The van der Waals surface area contributed by atoms with E-state index in [1.165, 1.54) is 0 Å². The van der Waals surface area contributed by atoms with Crippen LogP contribution in [0.5, 0.6) is 0 Å². The Balaban J connectivity index is 2.25. The zero-order chi connectivity index (χ0) is 14.9. The van der Waals surface area contributed by atoms with E-state index >= 15 is 0 Å². The first-order valence-corrected chi connectivity index (χ1v) is 6.82. The maximum atomic E-state index is 12.4. The van der Waals surface area contributed by atoms with Crippen molar-refractivity contribution in [3.05, 3.63) is 34.3 Å². The first-order chi connectivity index (χ1) is 9.34. The number of primary amides is 1. The molecule has 1 heterocycles. The Morgan fingerprint density at radius 2 is 1.95 bits per heavy atom. The fraction of sp³-hybridized carbons (Fsp3) is 0.308. The van der Waals surface area contributed by atoms with Crippen molar-refractivity contribution in [1.82, 2.24) is 10.2 Å². The molecule has 1 aliphatic rings. The molecule has 1 aromatic carbocycles. The van der Waals surface area contributed by atoms with Crippen molar-refractivity contribution in [2.45, 2.75) is 18.9 Å². The predicted octanol–water partition coefficient (Wildman–Crippen LogP) is 1.09. The van der Waals surface area contributed by atoms with Gasteiger partial charge in [-0.1, -0.05) is 28.1 Å². The van der Waals surface area contributed by atoms with Gasteiger partial charge >= 0.3 is 6.03 Å². The van der Waals surface area contributed by atoms with Crippen LogP contribution < -0.4 is 11.1 Å². The second kappa shape index (κ2) is 5.24. The lowest BCUT2D eigenvalue weighted by Gasteiger charge is -2.22. The molecule has 20 heavy (non-hydrogen) atoms. The lowest BCUT2D eigenvalue weighted by molar-refractivity contribution is -0.131. The molecule has 0 spiro atoms. The van der Waals surface area contributed by atoms with E-state index in [4.69, 9.17) is 5.73 Å². The molecule has 0 unspecified atom stereocenters. The third-order valence-electron chi connectivity index (χ3n) is 3.28. The summed E-state index contributed by atoms with van der Waals surface area (Å²) < 4.78 is 0.882. The quantitative estimate of drug-likeness (QED) is 0.804. The second-order valence-electron chi connectivity index (χ2n) is 4.74. The van der Waals surface area contributed by atoms with E-state index in [0.717, 1.165) is 9.37 Å². The molecule has 0 radical (unpaired) electrons. The van der Waals surface area contributed by atoms with Gasteiger partial charge in [-0.15, -0.1) is 0 Å². The van der Waals surface area contributed by atoms with Crippen LogP contribution in [0.15, 0.2) is 28.7 Å². The van der Waals surface area contributed by atoms with Gasteiger partial charge in [0.05, 0.1) is 0 Å². The van der Waals surface area contributed by atoms with Crippen LogP contribution in [0.2, 0.25) is 0 Å². The lowest BCUT2D eigenvalue weighted by Crippen LogP contribution is -2.41. The number of hydrogen-bond donors (Lipinski definition) is 2. The maximum absolute atomic E-state index is 12.4. The molecule has 0 aliphatic carbocycles. The summed E-state index contributed by atoms with van der Waals surface area (Å²) in [6.07, 6.45) is -0.0461. The summed E-state index contributed by atoms with van der Waals surface area (Å²) in [6.45, 7) is 1.63. The summed E-state index contributed by atoms with van der Waals surface area (Å²) in [5.74, 6) is -0.936. The Morgan fingerprint density at radius 1 is 1.35 bits per heavy atom. The molecule has 1 aromatic rings. The molecule has 0 saturated carbocycles. The third-order valence-corrected chi connectivity index (χ3v) is 3.81. The van der Waals surface area contributed by atoms with Gasteiger partial charge in [-0.2, -0.15) is 0 Å². The lowest BCUT2D eigenvalue weighted by atomic mass is 9.92. The number of imide groups is 1. The van der Waals surface area contributed by atoms with Gasteiger partial charge in [-0.25, -0.2) is 4.79 Å². The van der Waals surface area contributed by atoms with E-state index in [0.29, 0.717) is 5.56 Å². The van der Waals surface area contributed by atoms with Crippen molar-refractivity contribution in [1.29, 1.82) is 0 Å². The summed E-state index contributed by atoms with van der Waals surface area (Å²) in [5.41, 5.74) is 4.61. The van der Waals surface area contributed by atoms with Gasteiger partial charge in [-0.3, -0.25) is 14.5 Å². The largest absolute Gasteiger partial charge is 0.370 e. The minimum absolute atomic E-state index is 0.00782. The van der Waals surface area contributed by atoms with E-state index in [1.807, 2.05) is 0 Å². The van der Waals surface area contributed by atoms with Crippen LogP contribution in [-0.4, -0.2) is 29.3 Å². The van der Waals surface area contributed by atoms with Crippen molar-refractivity contribution in [2.24, 2.45) is 5.73 Å². The van der Waals surface area contributed by atoms with Crippen LogP contribution >= 0.6 is 15.9 Å². The Labute approximate surface area is 124 Å². The highest BCUT2D eigenvalue weighted by Gasteiger charge is 2.48. The fourth-order valence-corrected chi connectivity index (χ4v) is 2.37. The Kier molecular flexibility index (Phi) is 3.80. The topological polar surface area (TPSA) is 92.5 Å². The Morgan fingerprint density at radius 3 is 2.50 bits per heavy atom. The van der Waals surface area contributed by atoms with E-state index in [9.17, 15) is 14.4 Å². The molecular weight excluding hydrogens is 326 g/mol. The summed E-state index contributed by atoms with van der Waals surface area (Å²) in [5, 5.41) is 2.66. The minimum atomic E-state index is -1.12.